The van der Waals surface area contributed by atoms with E-state index in [4.69, 9.17) is 4.84 Å². The number of amides is 2. The molecule has 256 valence electrons. The van der Waals surface area contributed by atoms with Crippen LogP contribution in [-0.2, 0) is 16.2 Å². The molecule has 0 aromatic heterocycles. The minimum Gasteiger partial charge on any atom is -0.396 e. The normalized spacial score (nSPS) is 24.3. The number of carbonyl (C=O) groups excluding carboxylic acids is 2. The Labute approximate surface area is 276 Å². The number of carbonyl (C=O) groups is 2. The van der Waals surface area contributed by atoms with Crippen molar-refractivity contribution in [3.8, 4) is 11.1 Å². The molecule has 9 heteroatoms. The van der Waals surface area contributed by atoms with E-state index in [-0.39, 0.29) is 42.4 Å². The molecule has 1 saturated carbocycles. The standard InChI is InChI=1S/C35H52N4O5.C2H6/c1-24-21-35(2,3)15-13-30(24)37-34(43)32-29(14-18-40)31(23-41)44-39(32)22-25-9-6-10-26(19-25)27-11-7-12-28(20-27)33(42)36-16-8-17-38(4)5;1-2/h6-7,9-12,19-20,24,29-32,40-41H,8,13-18,21-23H2,1-5H3,(H,36,42)(H,37,43);1-2H3/t24?,29?,30-,31?,32?;/m0./s1. The number of nitrogens with zero attached hydrogens (tertiary/aromatic N) is 2. The van der Waals surface area contributed by atoms with E-state index in [9.17, 15) is 19.8 Å². The molecule has 1 heterocycles. The zero-order valence-electron chi connectivity index (χ0n) is 29.1. The van der Waals surface area contributed by atoms with Gasteiger partial charge in [-0.2, -0.15) is 5.06 Å². The molecule has 1 aliphatic carbocycles. The topological polar surface area (TPSA) is 114 Å². The highest BCUT2D eigenvalue weighted by Crippen LogP contribution is 2.39. The summed E-state index contributed by atoms with van der Waals surface area (Å²) in [6.07, 6.45) is 3.70. The third-order valence-corrected chi connectivity index (χ3v) is 9.19. The summed E-state index contributed by atoms with van der Waals surface area (Å²) in [4.78, 5) is 34.9. The average molecular weight is 639 g/mol. The molecule has 46 heavy (non-hydrogen) atoms. The van der Waals surface area contributed by atoms with Crippen LogP contribution in [0.3, 0.4) is 0 Å². The van der Waals surface area contributed by atoms with Crippen molar-refractivity contribution in [1.29, 1.82) is 0 Å². The fourth-order valence-electron chi connectivity index (χ4n) is 6.85. The lowest BCUT2D eigenvalue weighted by Gasteiger charge is -2.40. The SMILES string of the molecule is CC.CC1CC(C)(C)CC[C@@H]1NC(=O)C1C(CCO)C(CO)ON1Cc1cccc(-c2cccc(C(=O)NCCCN(C)C)c2)c1. The van der Waals surface area contributed by atoms with Gasteiger partial charge in [-0.1, -0.05) is 65.0 Å². The second kappa shape index (κ2) is 17.9. The maximum Gasteiger partial charge on any atom is 0.251 e. The summed E-state index contributed by atoms with van der Waals surface area (Å²) in [5.74, 6) is -0.189. The molecule has 5 atom stereocenters. The zero-order chi connectivity index (χ0) is 33.9. The van der Waals surface area contributed by atoms with Gasteiger partial charge in [0.2, 0.25) is 5.91 Å². The van der Waals surface area contributed by atoms with Gasteiger partial charge in [0, 0.05) is 30.7 Å². The van der Waals surface area contributed by atoms with Crippen molar-refractivity contribution in [3.05, 3.63) is 59.7 Å². The van der Waals surface area contributed by atoms with Crippen molar-refractivity contribution in [2.75, 3.05) is 40.4 Å². The van der Waals surface area contributed by atoms with E-state index in [0.717, 1.165) is 48.9 Å². The molecule has 9 nitrogen and oxygen atoms in total. The monoisotopic (exact) mass is 638 g/mol. The molecule has 2 aromatic rings. The van der Waals surface area contributed by atoms with Crippen LogP contribution in [0.2, 0.25) is 0 Å². The smallest absolute Gasteiger partial charge is 0.251 e. The lowest BCUT2D eigenvalue weighted by atomic mass is 9.70. The van der Waals surface area contributed by atoms with Crippen molar-refractivity contribution in [2.24, 2.45) is 17.3 Å². The predicted molar refractivity (Wildman–Crippen MR) is 184 cm³/mol. The lowest BCUT2D eigenvalue weighted by molar-refractivity contribution is -0.182. The van der Waals surface area contributed by atoms with Crippen LogP contribution in [0.4, 0.5) is 0 Å². The van der Waals surface area contributed by atoms with Gasteiger partial charge in [0.05, 0.1) is 13.2 Å². The van der Waals surface area contributed by atoms with Gasteiger partial charge < -0.3 is 25.7 Å². The minimum absolute atomic E-state index is 0.0844. The first kappa shape index (κ1) is 37.6. The lowest BCUT2D eigenvalue weighted by Crippen LogP contribution is -2.52. The Morgan fingerprint density at radius 2 is 1.76 bits per heavy atom. The number of rotatable bonds is 13. The molecule has 0 spiro atoms. The van der Waals surface area contributed by atoms with Crippen LogP contribution in [0.25, 0.3) is 11.1 Å². The van der Waals surface area contributed by atoms with Crippen molar-refractivity contribution >= 4 is 11.8 Å². The first-order valence-corrected chi connectivity index (χ1v) is 17.1. The van der Waals surface area contributed by atoms with Crippen LogP contribution in [0.1, 0.15) is 82.6 Å². The fraction of sp³-hybridized carbons (Fsp3) is 0.622. The summed E-state index contributed by atoms with van der Waals surface area (Å²) in [7, 11) is 4.03. The van der Waals surface area contributed by atoms with Gasteiger partial charge in [-0.05, 0) is 99.0 Å². The van der Waals surface area contributed by atoms with Crippen molar-refractivity contribution in [3.63, 3.8) is 0 Å². The summed E-state index contributed by atoms with van der Waals surface area (Å²) in [5, 5.41) is 27.9. The molecule has 1 aliphatic heterocycles. The zero-order valence-corrected chi connectivity index (χ0v) is 29.1. The van der Waals surface area contributed by atoms with E-state index in [2.05, 4.69) is 36.3 Å². The average Bonchev–Trinajstić information content (AvgIpc) is 3.38. The highest BCUT2D eigenvalue weighted by atomic mass is 16.7. The van der Waals surface area contributed by atoms with Gasteiger partial charge in [0.15, 0.2) is 0 Å². The first-order valence-electron chi connectivity index (χ1n) is 17.1. The van der Waals surface area contributed by atoms with Crippen LogP contribution in [0.15, 0.2) is 48.5 Å². The minimum atomic E-state index is -0.635. The molecular weight excluding hydrogens is 580 g/mol. The third kappa shape index (κ3) is 10.3. The Kier molecular flexibility index (Phi) is 14.7. The van der Waals surface area contributed by atoms with Crippen molar-refractivity contribution < 1.29 is 24.6 Å². The molecule has 1 saturated heterocycles. The summed E-state index contributed by atoms with van der Waals surface area (Å²) < 4.78 is 0. The summed E-state index contributed by atoms with van der Waals surface area (Å²) in [6, 6.07) is 15.0. The predicted octanol–water partition coefficient (Wildman–Crippen LogP) is 4.87. The van der Waals surface area contributed by atoms with Gasteiger partial charge in [0.25, 0.3) is 5.91 Å². The Hall–Kier alpha value is -2.82. The Balaban J connectivity index is 0.00000282. The van der Waals surface area contributed by atoms with Gasteiger partial charge in [-0.3, -0.25) is 14.4 Å². The number of aliphatic hydroxyl groups is 2. The second-order valence-electron chi connectivity index (χ2n) is 13.7. The summed E-state index contributed by atoms with van der Waals surface area (Å²) in [5.41, 5.74) is 3.69. The Morgan fingerprint density at radius 1 is 1.07 bits per heavy atom. The number of nitrogens with one attached hydrogen (secondary N) is 2. The molecule has 4 rings (SSSR count). The molecule has 4 N–H and O–H groups in total. The molecule has 0 bridgehead atoms. The molecule has 0 radical (unpaired) electrons. The third-order valence-electron chi connectivity index (χ3n) is 9.19. The van der Waals surface area contributed by atoms with Crippen LogP contribution in [-0.4, -0.2) is 90.6 Å². The highest BCUT2D eigenvalue weighted by molar-refractivity contribution is 5.95. The summed E-state index contributed by atoms with van der Waals surface area (Å²) in [6.45, 7) is 12.3. The Morgan fingerprint density at radius 3 is 2.41 bits per heavy atom. The van der Waals surface area contributed by atoms with Gasteiger partial charge >= 0.3 is 0 Å². The Bertz CT molecular complexity index is 1250. The van der Waals surface area contributed by atoms with E-state index in [1.807, 2.05) is 76.5 Å². The quantitative estimate of drug-likeness (QED) is 0.232. The molecular formula is C37H58N4O5. The molecule has 2 aromatic carbocycles. The van der Waals surface area contributed by atoms with Crippen LogP contribution in [0, 0.1) is 17.3 Å². The van der Waals surface area contributed by atoms with E-state index < -0.39 is 12.1 Å². The molecule has 4 unspecified atom stereocenters. The first-order chi connectivity index (χ1) is 22.0. The number of hydrogen-bond donors (Lipinski definition) is 4. The van der Waals surface area contributed by atoms with Crippen molar-refractivity contribution in [1.82, 2.24) is 20.6 Å². The van der Waals surface area contributed by atoms with Gasteiger partial charge in [0.1, 0.15) is 12.1 Å². The molecule has 2 amide bonds. The van der Waals surface area contributed by atoms with Crippen LogP contribution < -0.4 is 10.6 Å². The second-order valence-corrected chi connectivity index (χ2v) is 13.7. The van der Waals surface area contributed by atoms with E-state index in [0.29, 0.717) is 31.0 Å². The van der Waals surface area contributed by atoms with Gasteiger partial charge in [-0.25, -0.2) is 0 Å². The largest absolute Gasteiger partial charge is 0.396 e. The van der Waals surface area contributed by atoms with Crippen LogP contribution in [0.5, 0.6) is 0 Å². The number of hydrogen-bond acceptors (Lipinski definition) is 7. The van der Waals surface area contributed by atoms with Crippen molar-refractivity contribution in [2.45, 2.75) is 91.5 Å². The molecule has 2 fully saturated rings. The summed E-state index contributed by atoms with van der Waals surface area (Å²) >= 11 is 0. The number of benzene rings is 2. The van der Waals surface area contributed by atoms with E-state index in [1.165, 1.54) is 0 Å². The maximum atomic E-state index is 13.8. The van der Waals surface area contributed by atoms with Crippen LogP contribution >= 0.6 is 0 Å². The van der Waals surface area contributed by atoms with E-state index >= 15 is 0 Å². The molecule has 2 aliphatic rings. The number of hydroxylamine groups is 2. The highest BCUT2D eigenvalue weighted by Gasteiger charge is 2.47. The number of aliphatic hydroxyl groups excluding tert-OH is 2. The van der Waals surface area contributed by atoms with Gasteiger partial charge in [-0.15, -0.1) is 0 Å². The maximum absolute atomic E-state index is 13.8. The fourth-order valence-corrected chi connectivity index (χ4v) is 6.85. The van der Waals surface area contributed by atoms with E-state index in [1.54, 1.807) is 5.06 Å².